The Kier molecular flexibility index (Phi) is 5.58. The summed E-state index contributed by atoms with van der Waals surface area (Å²) in [7, 11) is 0. The van der Waals surface area contributed by atoms with Gasteiger partial charge in [0.25, 0.3) is 5.91 Å². The number of halogens is 1. The van der Waals surface area contributed by atoms with Gasteiger partial charge in [0.05, 0.1) is 6.21 Å². The average Bonchev–Trinajstić information content (AvgIpc) is 3.08. The van der Waals surface area contributed by atoms with Crippen LogP contribution in [0.5, 0.6) is 0 Å². The van der Waals surface area contributed by atoms with Gasteiger partial charge in [-0.1, -0.05) is 64.0 Å². The van der Waals surface area contributed by atoms with Crippen LogP contribution in [0.25, 0.3) is 10.9 Å². The number of carbonyl (C=O) groups excluding carboxylic acids is 1. The maximum Gasteiger partial charge on any atom is 0.271 e. The fourth-order valence-corrected chi connectivity index (χ4v) is 3.49. The van der Waals surface area contributed by atoms with E-state index in [1.165, 1.54) is 11.1 Å². The molecule has 0 aliphatic heterocycles. The van der Waals surface area contributed by atoms with Crippen molar-refractivity contribution in [2.75, 3.05) is 0 Å². The van der Waals surface area contributed by atoms with Crippen LogP contribution in [0.1, 0.15) is 27.0 Å². The van der Waals surface area contributed by atoms with Crippen LogP contribution in [0.15, 0.2) is 88.6 Å². The number of amides is 1. The Hall–Kier alpha value is -3.18. The summed E-state index contributed by atoms with van der Waals surface area (Å²) in [6.07, 6.45) is 3.77. The molecule has 0 radical (unpaired) electrons. The molecule has 5 heteroatoms. The highest BCUT2D eigenvalue weighted by Crippen LogP contribution is 2.21. The molecule has 144 valence electrons. The predicted molar refractivity (Wildman–Crippen MR) is 121 cm³/mol. The second-order valence-corrected chi connectivity index (χ2v) is 7.84. The smallest absolute Gasteiger partial charge is 0.271 e. The van der Waals surface area contributed by atoms with E-state index in [9.17, 15) is 4.79 Å². The molecular formula is C24H20BrN3O. The number of benzene rings is 3. The minimum atomic E-state index is -0.239. The van der Waals surface area contributed by atoms with Crippen LogP contribution in [0.3, 0.4) is 0 Å². The predicted octanol–water partition coefficient (Wildman–Crippen LogP) is 5.52. The molecule has 1 aromatic heterocycles. The van der Waals surface area contributed by atoms with Gasteiger partial charge in [-0.3, -0.25) is 4.79 Å². The molecule has 4 rings (SSSR count). The van der Waals surface area contributed by atoms with Gasteiger partial charge in [-0.15, -0.1) is 0 Å². The highest BCUT2D eigenvalue weighted by atomic mass is 79.9. The van der Waals surface area contributed by atoms with Crippen LogP contribution in [-0.4, -0.2) is 16.7 Å². The van der Waals surface area contributed by atoms with Crippen molar-refractivity contribution in [1.82, 2.24) is 9.99 Å². The first-order valence-corrected chi connectivity index (χ1v) is 10.1. The van der Waals surface area contributed by atoms with Crippen LogP contribution in [0.2, 0.25) is 0 Å². The van der Waals surface area contributed by atoms with Crippen molar-refractivity contribution < 1.29 is 4.79 Å². The first-order valence-electron chi connectivity index (χ1n) is 9.32. The number of hydrazone groups is 1. The van der Waals surface area contributed by atoms with E-state index >= 15 is 0 Å². The summed E-state index contributed by atoms with van der Waals surface area (Å²) in [5, 5.41) is 5.27. The van der Waals surface area contributed by atoms with Crippen LogP contribution in [-0.2, 0) is 6.54 Å². The van der Waals surface area contributed by atoms with E-state index in [2.05, 4.69) is 80.5 Å². The topological polar surface area (TPSA) is 46.4 Å². The number of nitrogens with zero attached hydrogens (tertiary/aromatic N) is 2. The highest BCUT2D eigenvalue weighted by molar-refractivity contribution is 9.10. The Bertz CT molecular complexity index is 1180. The summed E-state index contributed by atoms with van der Waals surface area (Å²) in [6, 6.07) is 23.9. The molecular weight excluding hydrogens is 426 g/mol. The lowest BCUT2D eigenvalue weighted by molar-refractivity contribution is 0.0955. The van der Waals surface area contributed by atoms with Crippen molar-refractivity contribution >= 4 is 39.0 Å². The molecule has 0 saturated heterocycles. The Labute approximate surface area is 178 Å². The maximum absolute atomic E-state index is 12.2. The lowest BCUT2D eigenvalue weighted by Gasteiger charge is -2.06. The van der Waals surface area contributed by atoms with Gasteiger partial charge >= 0.3 is 0 Å². The minimum absolute atomic E-state index is 0.239. The largest absolute Gasteiger partial charge is 0.342 e. The second kappa shape index (κ2) is 8.45. The summed E-state index contributed by atoms with van der Waals surface area (Å²) in [4.78, 5) is 12.2. The Balaban J connectivity index is 1.55. The third-order valence-electron chi connectivity index (χ3n) is 4.77. The van der Waals surface area contributed by atoms with E-state index < -0.39 is 0 Å². The molecule has 4 nitrogen and oxygen atoms in total. The molecule has 0 saturated carbocycles. The van der Waals surface area contributed by atoms with E-state index in [1.54, 1.807) is 18.3 Å². The zero-order chi connectivity index (χ0) is 20.2. The molecule has 1 N–H and O–H groups in total. The summed E-state index contributed by atoms with van der Waals surface area (Å²) < 4.78 is 3.14. The number of fused-ring (bicyclic) bond motifs is 1. The molecule has 0 unspecified atom stereocenters. The monoisotopic (exact) mass is 445 g/mol. The molecule has 1 amide bonds. The molecule has 4 aromatic rings. The summed E-state index contributed by atoms with van der Waals surface area (Å²) in [5.74, 6) is -0.239. The molecule has 0 atom stereocenters. The van der Waals surface area contributed by atoms with Gasteiger partial charge < -0.3 is 4.57 Å². The molecule has 0 fully saturated rings. The Morgan fingerprint density at radius 1 is 1.03 bits per heavy atom. The summed E-state index contributed by atoms with van der Waals surface area (Å²) in [5.41, 5.74) is 7.75. The summed E-state index contributed by atoms with van der Waals surface area (Å²) >= 11 is 3.37. The van der Waals surface area contributed by atoms with Crippen LogP contribution in [0.4, 0.5) is 0 Å². The van der Waals surface area contributed by atoms with E-state index in [1.807, 2.05) is 24.3 Å². The van der Waals surface area contributed by atoms with Crippen LogP contribution < -0.4 is 5.43 Å². The molecule has 0 bridgehead atoms. The van der Waals surface area contributed by atoms with Crippen molar-refractivity contribution in [2.45, 2.75) is 13.5 Å². The van der Waals surface area contributed by atoms with Gasteiger partial charge in [0, 0.05) is 39.2 Å². The lowest BCUT2D eigenvalue weighted by atomic mass is 10.1. The van der Waals surface area contributed by atoms with Gasteiger partial charge in [0.1, 0.15) is 0 Å². The fourth-order valence-electron chi connectivity index (χ4n) is 3.23. The third kappa shape index (κ3) is 4.46. The van der Waals surface area contributed by atoms with Crippen LogP contribution in [0, 0.1) is 6.92 Å². The number of rotatable bonds is 5. The van der Waals surface area contributed by atoms with Crippen molar-refractivity contribution in [3.8, 4) is 0 Å². The van der Waals surface area contributed by atoms with Gasteiger partial charge in [-0.05, 0) is 42.8 Å². The van der Waals surface area contributed by atoms with Gasteiger partial charge in [0.2, 0.25) is 0 Å². The number of aryl methyl sites for hydroxylation is 1. The number of carbonyl (C=O) groups is 1. The second-order valence-electron chi connectivity index (χ2n) is 6.92. The molecule has 0 spiro atoms. The van der Waals surface area contributed by atoms with Gasteiger partial charge in [-0.2, -0.15) is 5.10 Å². The molecule has 3 aromatic carbocycles. The van der Waals surface area contributed by atoms with Gasteiger partial charge in [-0.25, -0.2) is 5.43 Å². The number of hydrogen-bond donors (Lipinski definition) is 1. The fraction of sp³-hybridized carbons (Fsp3) is 0.0833. The number of aromatic nitrogens is 1. The SMILES string of the molecule is Cc1ccc(Cn2cc(/C=N\NC(=O)c3ccc(Br)cc3)c3ccccc32)cc1. The van der Waals surface area contributed by atoms with E-state index in [0.717, 1.165) is 27.5 Å². The molecule has 0 aliphatic rings. The van der Waals surface area contributed by atoms with Crippen molar-refractivity contribution in [3.05, 3.63) is 106 Å². The standard InChI is InChI=1S/C24H20BrN3O/c1-17-6-8-18(9-7-17)15-28-16-20(22-4-2-3-5-23(22)28)14-26-27-24(29)19-10-12-21(25)13-11-19/h2-14,16H,15H2,1H3,(H,27,29)/b26-14-. The number of hydrogen-bond acceptors (Lipinski definition) is 2. The molecule has 0 aliphatic carbocycles. The number of nitrogens with one attached hydrogen (secondary N) is 1. The van der Waals surface area contributed by atoms with Crippen molar-refractivity contribution in [1.29, 1.82) is 0 Å². The van der Waals surface area contributed by atoms with Crippen LogP contribution >= 0.6 is 15.9 Å². The minimum Gasteiger partial charge on any atom is -0.342 e. The first-order chi connectivity index (χ1) is 14.1. The molecule has 1 heterocycles. The zero-order valence-electron chi connectivity index (χ0n) is 16.0. The average molecular weight is 446 g/mol. The maximum atomic E-state index is 12.2. The van der Waals surface area contributed by atoms with Crippen molar-refractivity contribution in [2.24, 2.45) is 5.10 Å². The molecule has 29 heavy (non-hydrogen) atoms. The third-order valence-corrected chi connectivity index (χ3v) is 5.30. The summed E-state index contributed by atoms with van der Waals surface area (Å²) in [6.45, 7) is 2.87. The lowest BCUT2D eigenvalue weighted by Crippen LogP contribution is -2.17. The normalized spacial score (nSPS) is 11.2. The number of para-hydroxylation sites is 1. The highest BCUT2D eigenvalue weighted by Gasteiger charge is 2.08. The first kappa shape index (κ1) is 19.2. The zero-order valence-corrected chi connectivity index (χ0v) is 17.6. The van der Waals surface area contributed by atoms with Crippen molar-refractivity contribution in [3.63, 3.8) is 0 Å². The van der Waals surface area contributed by atoms with E-state index in [0.29, 0.717) is 5.56 Å². The Morgan fingerprint density at radius 2 is 1.76 bits per heavy atom. The van der Waals surface area contributed by atoms with E-state index in [-0.39, 0.29) is 5.91 Å². The van der Waals surface area contributed by atoms with E-state index in [4.69, 9.17) is 0 Å². The van der Waals surface area contributed by atoms with Gasteiger partial charge in [0.15, 0.2) is 0 Å². The Morgan fingerprint density at radius 3 is 2.52 bits per heavy atom. The quantitative estimate of drug-likeness (QED) is 0.318.